The number of aromatic hydroxyl groups is 1. The Balaban J connectivity index is 2.01. The van der Waals surface area contributed by atoms with Crippen LogP contribution in [0.1, 0.15) is 13.8 Å². The van der Waals surface area contributed by atoms with Gasteiger partial charge in [-0.1, -0.05) is 12.1 Å². The number of nitrogens with zero attached hydrogens (tertiary/aromatic N) is 4. The second-order valence-corrected chi connectivity index (χ2v) is 6.60. The highest BCUT2D eigenvalue weighted by Gasteiger charge is 2.21. The molecule has 8 nitrogen and oxygen atoms in total. The first-order chi connectivity index (χ1) is 12.0. The lowest BCUT2D eigenvalue weighted by Crippen LogP contribution is -2.39. The summed E-state index contributed by atoms with van der Waals surface area (Å²) in [4.78, 5) is 15.6. The zero-order valence-corrected chi connectivity index (χ0v) is 14.4. The molecule has 1 aromatic carbocycles. The van der Waals surface area contributed by atoms with E-state index in [1.165, 1.54) is 0 Å². The Morgan fingerprint density at radius 1 is 1.20 bits per heavy atom. The molecule has 0 amide bonds. The Kier molecular flexibility index (Phi) is 5.00. The summed E-state index contributed by atoms with van der Waals surface area (Å²) in [6.45, 7) is 6.31. The van der Waals surface area contributed by atoms with Gasteiger partial charge in [0.05, 0.1) is 25.4 Å². The number of aliphatic hydroxyl groups is 1. The number of rotatable bonds is 5. The molecule has 2 heterocycles. The maximum Gasteiger partial charge on any atom is 0.230 e. The number of aromatic nitrogens is 3. The number of morpholine rings is 1. The second kappa shape index (κ2) is 7.20. The van der Waals surface area contributed by atoms with Gasteiger partial charge in [0.1, 0.15) is 5.75 Å². The molecule has 0 aliphatic carbocycles. The quantitative estimate of drug-likeness (QED) is 0.744. The van der Waals surface area contributed by atoms with Crippen LogP contribution in [0.3, 0.4) is 0 Å². The molecule has 3 rings (SSSR count). The van der Waals surface area contributed by atoms with Crippen LogP contribution in [0.15, 0.2) is 24.3 Å². The molecular weight excluding hydrogens is 322 g/mol. The zero-order valence-electron chi connectivity index (χ0n) is 14.4. The fourth-order valence-corrected chi connectivity index (χ4v) is 2.44. The van der Waals surface area contributed by atoms with Crippen molar-refractivity contribution in [3.8, 4) is 17.1 Å². The standard InChI is InChI=1S/C17H23N5O3/c1-17(2,11-23)21-15-18-14(12-4-3-5-13(24)10-12)19-16(20-15)22-6-8-25-9-7-22/h3-5,10,23-24H,6-9,11H2,1-2H3,(H,18,19,20,21). The number of aliphatic hydroxyl groups excluding tert-OH is 1. The van der Waals surface area contributed by atoms with E-state index >= 15 is 0 Å². The Morgan fingerprint density at radius 2 is 1.96 bits per heavy atom. The van der Waals surface area contributed by atoms with Gasteiger partial charge in [0.2, 0.25) is 11.9 Å². The fourth-order valence-electron chi connectivity index (χ4n) is 2.44. The molecule has 0 unspecified atom stereocenters. The summed E-state index contributed by atoms with van der Waals surface area (Å²) in [7, 11) is 0. The molecule has 1 aromatic heterocycles. The van der Waals surface area contributed by atoms with Crippen molar-refractivity contribution in [2.24, 2.45) is 0 Å². The van der Waals surface area contributed by atoms with Crippen LogP contribution in [-0.4, -0.2) is 63.6 Å². The molecule has 0 saturated carbocycles. The van der Waals surface area contributed by atoms with Crippen molar-refractivity contribution >= 4 is 11.9 Å². The predicted octanol–water partition coefficient (Wildman–Crippen LogP) is 1.26. The summed E-state index contributed by atoms with van der Waals surface area (Å²) in [5.74, 6) is 1.54. The van der Waals surface area contributed by atoms with E-state index in [2.05, 4.69) is 20.3 Å². The molecule has 134 valence electrons. The van der Waals surface area contributed by atoms with Crippen LogP contribution >= 0.6 is 0 Å². The lowest BCUT2D eigenvalue weighted by molar-refractivity contribution is 0.122. The van der Waals surface area contributed by atoms with Gasteiger partial charge in [0, 0.05) is 18.7 Å². The van der Waals surface area contributed by atoms with Crippen molar-refractivity contribution in [1.29, 1.82) is 0 Å². The van der Waals surface area contributed by atoms with Crippen LogP contribution in [-0.2, 0) is 4.74 Å². The summed E-state index contributed by atoms with van der Waals surface area (Å²) in [5, 5.41) is 22.4. The fraction of sp³-hybridized carbons (Fsp3) is 0.471. The third-order valence-electron chi connectivity index (χ3n) is 3.87. The molecule has 2 aromatic rings. The maximum absolute atomic E-state index is 9.74. The minimum Gasteiger partial charge on any atom is -0.508 e. The Labute approximate surface area is 146 Å². The van der Waals surface area contributed by atoms with Gasteiger partial charge in [-0.15, -0.1) is 0 Å². The normalized spacial score (nSPS) is 15.2. The molecule has 8 heteroatoms. The van der Waals surface area contributed by atoms with E-state index < -0.39 is 5.54 Å². The van der Waals surface area contributed by atoms with Crippen molar-refractivity contribution < 1.29 is 14.9 Å². The maximum atomic E-state index is 9.74. The van der Waals surface area contributed by atoms with E-state index in [1.807, 2.05) is 24.8 Å². The number of hydrogen-bond donors (Lipinski definition) is 3. The number of hydrogen-bond acceptors (Lipinski definition) is 8. The highest BCUT2D eigenvalue weighted by atomic mass is 16.5. The first-order valence-electron chi connectivity index (χ1n) is 8.24. The topological polar surface area (TPSA) is 104 Å². The van der Waals surface area contributed by atoms with Crippen molar-refractivity contribution in [3.63, 3.8) is 0 Å². The molecule has 0 bridgehead atoms. The van der Waals surface area contributed by atoms with Crippen molar-refractivity contribution in [1.82, 2.24) is 15.0 Å². The molecule has 0 spiro atoms. The van der Waals surface area contributed by atoms with Crippen LogP contribution in [0, 0.1) is 0 Å². The average molecular weight is 345 g/mol. The van der Waals surface area contributed by atoms with Gasteiger partial charge in [-0.3, -0.25) is 0 Å². The third-order valence-corrected chi connectivity index (χ3v) is 3.87. The van der Waals surface area contributed by atoms with E-state index in [0.29, 0.717) is 49.6 Å². The van der Waals surface area contributed by atoms with Crippen molar-refractivity contribution in [2.75, 3.05) is 43.1 Å². The molecule has 1 aliphatic heterocycles. The molecular formula is C17H23N5O3. The molecule has 1 fully saturated rings. The van der Waals surface area contributed by atoms with Crippen LogP contribution in [0.4, 0.5) is 11.9 Å². The van der Waals surface area contributed by atoms with Gasteiger partial charge in [-0.2, -0.15) is 15.0 Å². The van der Waals surface area contributed by atoms with Crippen LogP contribution in [0.25, 0.3) is 11.4 Å². The highest BCUT2D eigenvalue weighted by Crippen LogP contribution is 2.24. The van der Waals surface area contributed by atoms with Crippen molar-refractivity contribution in [3.05, 3.63) is 24.3 Å². The minimum atomic E-state index is -0.570. The molecule has 0 atom stereocenters. The number of benzene rings is 1. The molecule has 1 aliphatic rings. The van der Waals surface area contributed by atoms with E-state index in [4.69, 9.17) is 4.74 Å². The molecule has 3 N–H and O–H groups in total. The van der Waals surface area contributed by atoms with Gasteiger partial charge < -0.3 is 25.2 Å². The number of nitrogens with one attached hydrogen (secondary N) is 1. The van der Waals surface area contributed by atoms with Crippen LogP contribution in [0.5, 0.6) is 5.75 Å². The second-order valence-electron chi connectivity index (χ2n) is 6.60. The predicted molar refractivity (Wildman–Crippen MR) is 94.7 cm³/mol. The molecule has 0 radical (unpaired) electrons. The summed E-state index contributed by atoms with van der Waals surface area (Å²) < 4.78 is 5.39. The van der Waals surface area contributed by atoms with Gasteiger partial charge in [0.25, 0.3) is 0 Å². The minimum absolute atomic E-state index is 0.0625. The Morgan fingerprint density at radius 3 is 2.64 bits per heavy atom. The largest absolute Gasteiger partial charge is 0.508 e. The van der Waals surface area contributed by atoms with Crippen LogP contribution in [0.2, 0.25) is 0 Å². The van der Waals surface area contributed by atoms with E-state index in [9.17, 15) is 10.2 Å². The Bertz CT molecular complexity index is 732. The summed E-state index contributed by atoms with van der Waals surface area (Å²) in [6, 6.07) is 6.79. The van der Waals surface area contributed by atoms with Crippen LogP contribution < -0.4 is 10.2 Å². The number of phenols is 1. The monoisotopic (exact) mass is 345 g/mol. The van der Waals surface area contributed by atoms with Gasteiger partial charge in [-0.25, -0.2) is 0 Å². The first-order valence-corrected chi connectivity index (χ1v) is 8.24. The van der Waals surface area contributed by atoms with Gasteiger partial charge in [0.15, 0.2) is 5.82 Å². The van der Waals surface area contributed by atoms with E-state index in [0.717, 1.165) is 0 Å². The summed E-state index contributed by atoms with van der Waals surface area (Å²) in [5.41, 5.74) is 0.126. The number of ether oxygens (including phenoxy) is 1. The summed E-state index contributed by atoms with van der Waals surface area (Å²) >= 11 is 0. The van der Waals surface area contributed by atoms with E-state index in [-0.39, 0.29) is 12.4 Å². The van der Waals surface area contributed by atoms with Gasteiger partial charge >= 0.3 is 0 Å². The zero-order chi connectivity index (χ0) is 17.9. The lowest BCUT2D eigenvalue weighted by Gasteiger charge is -2.28. The van der Waals surface area contributed by atoms with Crippen molar-refractivity contribution in [2.45, 2.75) is 19.4 Å². The molecule has 1 saturated heterocycles. The van der Waals surface area contributed by atoms with Gasteiger partial charge in [-0.05, 0) is 26.0 Å². The first kappa shape index (κ1) is 17.4. The third kappa shape index (κ3) is 4.34. The Hall–Kier alpha value is -2.45. The highest BCUT2D eigenvalue weighted by molar-refractivity contribution is 5.60. The number of anilines is 2. The number of phenolic OH excluding ortho intramolecular Hbond substituents is 1. The average Bonchev–Trinajstić information content (AvgIpc) is 2.62. The smallest absolute Gasteiger partial charge is 0.230 e. The molecule has 25 heavy (non-hydrogen) atoms. The summed E-state index contributed by atoms with van der Waals surface area (Å²) in [6.07, 6.45) is 0. The van der Waals surface area contributed by atoms with E-state index in [1.54, 1.807) is 18.2 Å². The lowest BCUT2D eigenvalue weighted by atomic mass is 10.1. The SMILES string of the molecule is CC(C)(CO)Nc1nc(-c2cccc(O)c2)nc(N2CCOCC2)n1.